The Morgan fingerprint density at radius 3 is 2.38 bits per heavy atom. The maximum Gasteiger partial charge on any atom is 0.230 e. The van der Waals surface area contributed by atoms with Gasteiger partial charge in [0.25, 0.3) is 0 Å². The minimum absolute atomic E-state index is 0. The van der Waals surface area contributed by atoms with Crippen molar-refractivity contribution in [1.82, 2.24) is 10.6 Å². The normalized spacial score (nSPS) is 16.3. The van der Waals surface area contributed by atoms with E-state index in [9.17, 15) is 9.18 Å². The monoisotopic (exact) mass is 314 g/mol. The number of carbonyl (C=O) groups excluding carboxylic acids is 1. The molecule has 0 saturated heterocycles. The SMILES string of the molecule is CNCCCNC(=O)C1(c2ccc(F)cc2)CCCC1.Cl. The van der Waals surface area contributed by atoms with Gasteiger partial charge in [0.1, 0.15) is 5.82 Å². The predicted molar refractivity (Wildman–Crippen MR) is 85.3 cm³/mol. The molecule has 2 N–H and O–H groups in total. The number of amides is 1. The van der Waals surface area contributed by atoms with Crippen molar-refractivity contribution in [3.8, 4) is 0 Å². The van der Waals surface area contributed by atoms with E-state index in [-0.39, 0.29) is 24.1 Å². The average molecular weight is 315 g/mol. The number of hydrogen-bond acceptors (Lipinski definition) is 2. The summed E-state index contributed by atoms with van der Waals surface area (Å²) in [4.78, 5) is 12.6. The molecule has 0 atom stereocenters. The van der Waals surface area contributed by atoms with Gasteiger partial charge in [0.05, 0.1) is 5.41 Å². The van der Waals surface area contributed by atoms with Crippen LogP contribution in [0.1, 0.15) is 37.7 Å². The van der Waals surface area contributed by atoms with Crippen molar-refractivity contribution in [3.63, 3.8) is 0 Å². The molecule has 1 saturated carbocycles. The molecule has 118 valence electrons. The molecule has 1 fully saturated rings. The van der Waals surface area contributed by atoms with Gasteiger partial charge in [-0.2, -0.15) is 0 Å². The van der Waals surface area contributed by atoms with E-state index in [1.165, 1.54) is 12.1 Å². The summed E-state index contributed by atoms with van der Waals surface area (Å²) in [7, 11) is 1.90. The summed E-state index contributed by atoms with van der Waals surface area (Å²) in [5, 5.41) is 6.11. The number of halogens is 2. The number of hydrogen-bond donors (Lipinski definition) is 2. The first kappa shape index (κ1) is 17.9. The van der Waals surface area contributed by atoms with Crippen LogP contribution < -0.4 is 10.6 Å². The molecule has 0 aliphatic heterocycles. The summed E-state index contributed by atoms with van der Waals surface area (Å²) in [5.74, 6) is -0.158. The zero-order valence-electron chi connectivity index (χ0n) is 12.5. The Hall–Kier alpha value is -1.13. The van der Waals surface area contributed by atoms with Gasteiger partial charge in [-0.3, -0.25) is 4.79 Å². The molecule has 0 bridgehead atoms. The van der Waals surface area contributed by atoms with Crippen molar-refractivity contribution in [2.75, 3.05) is 20.1 Å². The Morgan fingerprint density at radius 1 is 1.19 bits per heavy atom. The predicted octanol–water partition coefficient (Wildman–Crippen LogP) is 2.79. The second kappa shape index (κ2) is 8.35. The maximum absolute atomic E-state index is 13.1. The van der Waals surface area contributed by atoms with E-state index < -0.39 is 5.41 Å². The van der Waals surface area contributed by atoms with Crippen LogP contribution in [0, 0.1) is 5.82 Å². The van der Waals surface area contributed by atoms with Crippen molar-refractivity contribution >= 4 is 18.3 Å². The van der Waals surface area contributed by atoms with Crippen molar-refractivity contribution in [2.45, 2.75) is 37.5 Å². The van der Waals surface area contributed by atoms with Gasteiger partial charge in [-0.25, -0.2) is 4.39 Å². The first-order chi connectivity index (χ1) is 9.69. The van der Waals surface area contributed by atoms with E-state index in [1.54, 1.807) is 12.1 Å². The third kappa shape index (κ3) is 4.17. The van der Waals surface area contributed by atoms with Crippen molar-refractivity contribution in [3.05, 3.63) is 35.6 Å². The summed E-state index contributed by atoms with van der Waals surface area (Å²) >= 11 is 0. The fraction of sp³-hybridized carbons (Fsp3) is 0.562. The first-order valence-corrected chi connectivity index (χ1v) is 7.38. The molecule has 1 aliphatic rings. The van der Waals surface area contributed by atoms with Gasteiger partial charge in [0.15, 0.2) is 0 Å². The number of rotatable bonds is 6. The van der Waals surface area contributed by atoms with E-state index >= 15 is 0 Å². The molecule has 5 heteroatoms. The van der Waals surface area contributed by atoms with Gasteiger partial charge in [-0.15, -0.1) is 12.4 Å². The second-order valence-electron chi connectivity index (χ2n) is 5.51. The molecule has 1 amide bonds. The molecular formula is C16H24ClFN2O. The summed E-state index contributed by atoms with van der Waals surface area (Å²) < 4.78 is 13.1. The number of nitrogens with one attached hydrogen (secondary N) is 2. The van der Waals surface area contributed by atoms with Gasteiger partial charge >= 0.3 is 0 Å². The van der Waals surface area contributed by atoms with Gasteiger partial charge in [-0.05, 0) is 50.6 Å². The lowest BCUT2D eigenvalue weighted by Crippen LogP contribution is -2.43. The summed E-state index contributed by atoms with van der Waals surface area (Å²) in [5.41, 5.74) is 0.496. The van der Waals surface area contributed by atoms with Crippen LogP contribution in [0.2, 0.25) is 0 Å². The van der Waals surface area contributed by atoms with Crippen LogP contribution in [-0.4, -0.2) is 26.0 Å². The molecule has 1 aromatic rings. The van der Waals surface area contributed by atoms with Crippen LogP contribution >= 0.6 is 12.4 Å². The smallest absolute Gasteiger partial charge is 0.230 e. The highest BCUT2D eigenvalue weighted by Crippen LogP contribution is 2.41. The van der Waals surface area contributed by atoms with Crippen molar-refractivity contribution < 1.29 is 9.18 Å². The third-order valence-electron chi connectivity index (χ3n) is 4.18. The molecule has 2 rings (SSSR count). The lowest BCUT2D eigenvalue weighted by atomic mass is 9.78. The molecule has 0 unspecified atom stereocenters. The molecular weight excluding hydrogens is 291 g/mol. The molecule has 3 nitrogen and oxygen atoms in total. The lowest BCUT2D eigenvalue weighted by molar-refractivity contribution is -0.126. The molecule has 0 heterocycles. The quantitative estimate of drug-likeness (QED) is 0.793. The van der Waals surface area contributed by atoms with E-state index in [2.05, 4.69) is 10.6 Å². The molecule has 0 aromatic heterocycles. The highest BCUT2D eigenvalue weighted by atomic mass is 35.5. The summed E-state index contributed by atoms with van der Waals surface area (Å²) in [6.07, 6.45) is 4.75. The number of carbonyl (C=O) groups is 1. The van der Waals surface area contributed by atoms with Crippen LogP contribution in [0.5, 0.6) is 0 Å². The summed E-state index contributed by atoms with van der Waals surface area (Å²) in [6, 6.07) is 6.41. The van der Waals surface area contributed by atoms with Crippen LogP contribution in [0.4, 0.5) is 4.39 Å². The zero-order chi connectivity index (χ0) is 14.4. The number of benzene rings is 1. The van der Waals surface area contributed by atoms with E-state index in [4.69, 9.17) is 0 Å². The Labute approximate surface area is 132 Å². The standard InChI is InChI=1S/C16H23FN2O.ClH/c1-18-11-4-12-19-15(20)16(9-2-3-10-16)13-5-7-14(17)8-6-13;/h5-8,18H,2-4,9-12H2,1H3,(H,19,20);1H. The third-order valence-corrected chi connectivity index (χ3v) is 4.18. The molecule has 0 spiro atoms. The van der Waals surface area contributed by atoms with Gasteiger partial charge in [-0.1, -0.05) is 25.0 Å². The highest BCUT2D eigenvalue weighted by Gasteiger charge is 2.42. The van der Waals surface area contributed by atoms with E-state index in [0.717, 1.165) is 44.2 Å². The van der Waals surface area contributed by atoms with Crippen molar-refractivity contribution in [2.24, 2.45) is 0 Å². The Morgan fingerprint density at radius 2 is 1.81 bits per heavy atom. The van der Waals surface area contributed by atoms with Gasteiger partial charge in [0, 0.05) is 6.54 Å². The van der Waals surface area contributed by atoms with E-state index in [0.29, 0.717) is 6.54 Å². The van der Waals surface area contributed by atoms with Crippen LogP contribution in [0.25, 0.3) is 0 Å². The van der Waals surface area contributed by atoms with Crippen LogP contribution in [0.3, 0.4) is 0 Å². The maximum atomic E-state index is 13.1. The van der Waals surface area contributed by atoms with E-state index in [1.807, 2.05) is 7.05 Å². The molecule has 1 aromatic carbocycles. The fourth-order valence-corrected chi connectivity index (χ4v) is 3.03. The minimum Gasteiger partial charge on any atom is -0.355 e. The first-order valence-electron chi connectivity index (χ1n) is 7.38. The topological polar surface area (TPSA) is 41.1 Å². The second-order valence-corrected chi connectivity index (χ2v) is 5.51. The zero-order valence-corrected chi connectivity index (χ0v) is 13.3. The molecule has 1 aliphatic carbocycles. The molecule has 21 heavy (non-hydrogen) atoms. The minimum atomic E-state index is -0.451. The molecule has 0 radical (unpaired) electrons. The fourth-order valence-electron chi connectivity index (χ4n) is 3.03. The van der Waals surface area contributed by atoms with Gasteiger partial charge < -0.3 is 10.6 Å². The highest BCUT2D eigenvalue weighted by molar-refractivity contribution is 5.88. The lowest BCUT2D eigenvalue weighted by Gasteiger charge is -2.28. The van der Waals surface area contributed by atoms with Crippen molar-refractivity contribution in [1.29, 1.82) is 0 Å². The summed E-state index contributed by atoms with van der Waals surface area (Å²) in [6.45, 7) is 1.58. The Bertz CT molecular complexity index is 444. The van der Waals surface area contributed by atoms with Gasteiger partial charge in [0.2, 0.25) is 5.91 Å². The van der Waals surface area contributed by atoms with Crippen LogP contribution in [0.15, 0.2) is 24.3 Å². The Balaban J connectivity index is 0.00000220. The largest absolute Gasteiger partial charge is 0.355 e. The average Bonchev–Trinajstić information content (AvgIpc) is 2.95. The van der Waals surface area contributed by atoms with Crippen LogP contribution in [-0.2, 0) is 10.2 Å². The Kier molecular flexibility index (Phi) is 7.12.